The minimum absolute atomic E-state index is 0.145. The highest BCUT2D eigenvalue weighted by Gasteiger charge is 2.16. The Hall–Kier alpha value is -2.25. The minimum atomic E-state index is -3.60. The van der Waals surface area contributed by atoms with Crippen molar-refractivity contribution >= 4 is 10.0 Å². The van der Waals surface area contributed by atoms with Crippen LogP contribution in [-0.2, 0) is 10.0 Å². The van der Waals surface area contributed by atoms with Gasteiger partial charge in [-0.25, -0.2) is 13.1 Å². The lowest BCUT2D eigenvalue weighted by Gasteiger charge is -2.12. The second kappa shape index (κ2) is 8.03. The van der Waals surface area contributed by atoms with Crippen molar-refractivity contribution in [2.45, 2.75) is 11.8 Å². The van der Waals surface area contributed by atoms with E-state index >= 15 is 0 Å². The average Bonchev–Trinajstić information content (AvgIpc) is 2.58. The summed E-state index contributed by atoms with van der Waals surface area (Å²) in [6, 6.07) is 12.0. The number of nitrogens with one attached hydrogen (secondary N) is 1. The molecule has 1 N–H and O–H groups in total. The zero-order valence-electron chi connectivity index (χ0n) is 13.9. The lowest BCUT2D eigenvalue weighted by atomic mass is 10.2. The van der Waals surface area contributed by atoms with Gasteiger partial charge in [0.2, 0.25) is 10.0 Å². The monoisotopic (exact) mass is 351 g/mol. The molecule has 24 heavy (non-hydrogen) atoms. The van der Waals surface area contributed by atoms with Crippen molar-refractivity contribution < 1.29 is 22.6 Å². The third kappa shape index (κ3) is 4.39. The molecule has 7 heteroatoms. The molecule has 130 valence electrons. The van der Waals surface area contributed by atoms with Crippen LogP contribution < -0.4 is 18.9 Å². The zero-order chi connectivity index (χ0) is 17.6. The number of ether oxygens (including phenoxy) is 3. The first-order valence-electron chi connectivity index (χ1n) is 7.38. The van der Waals surface area contributed by atoms with E-state index in [9.17, 15) is 8.42 Å². The third-order valence-corrected chi connectivity index (χ3v) is 5.01. The van der Waals surface area contributed by atoms with Gasteiger partial charge in [0, 0.05) is 6.54 Å². The summed E-state index contributed by atoms with van der Waals surface area (Å²) in [6.45, 7) is 2.06. The van der Waals surface area contributed by atoms with E-state index in [1.807, 2.05) is 12.1 Å². The number of hydrogen-bond donors (Lipinski definition) is 1. The molecule has 0 fully saturated rings. The van der Waals surface area contributed by atoms with Crippen molar-refractivity contribution in [2.75, 3.05) is 27.4 Å². The summed E-state index contributed by atoms with van der Waals surface area (Å²) < 4.78 is 43.1. The molecule has 0 saturated heterocycles. The summed E-state index contributed by atoms with van der Waals surface area (Å²) in [5, 5.41) is 0. The number of para-hydroxylation sites is 2. The molecular formula is C17H21NO5S. The van der Waals surface area contributed by atoms with Crippen LogP contribution in [0.15, 0.2) is 47.4 Å². The second-order valence-electron chi connectivity index (χ2n) is 5.03. The number of benzene rings is 2. The minimum Gasteiger partial charge on any atom is -0.497 e. The quantitative estimate of drug-likeness (QED) is 0.739. The van der Waals surface area contributed by atoms with E-state index in [1.165, 1.54) is 13.2 Å². The Morgan fingerprint density at radius 2 is 1.71 bits per heavy atom. The Kier molecular flexibility index (Phi) is 6.05. The van der Waals surface area contributed by atoms with Gasteiger partial charge in [-0.1, -0.05) is 12.1 Å². The first kappa shape index (κ1) is 18.1. The predicted octanol–water partition coefficient (Wildman–Crippen LogP) is 2.37. The molecule has 0 saturated carbocycles. The molecule has 0 aliphatic heterocycles. The van der Waals surface area contributed by atoms with Gasteiger partial charge in [0.25, 0.3) is 0 Å². The fourth-order valence-corrected chi connectivity index (χ4v) is 3.44. The summed E-state index contributed by atoms with van der Waals surface area (Å²) in [7, 11) is -0.512. The van der Waals surface area contributed by atoms with Gasteiger partial charge in [0.15, 0.2) is 11.5 Å². The topological polar surface area (TPSA) is 73.9 Å². The molecule has 0 aromatic heterocycles. The highest BCUT2D eigenvalue weighted by molar-refractivity contribution is 7.89. The molecule has 6 nitrogen and oxygen atoms in total. The normalized spacial score (nSPS) is 11.1. The van der Waals surface area contributed by atoms with Crippen LogP contribution in [0, 0.1) is 6.92 Å². The van der Waals surface area contributed by atoms with Crippen molar-refractivity contribution in [2.24, 2.45) is 0 Å². The van der Waals surface area contributed by atoms with E-state index in [2.05, 4.69) is 4.72 Å². The van der Waals surface area contributed by atoms with E-state index in [4.69, 9.17) is 14.2 Å². The van der Waals surface area contributed by atoms with Crippen LogP contribution in [0.1, 0.15) is 5.56 Å². The molecule has 2 aromatic carbocycles. The molecule has 0 unspecified atom stereocenters. The van der Waals surface area contributed by atoms with Gasteiger partial charge in [-0.15, -0.1) is 0 Å². The van der Waals surface area contributed by atoms with Crippen LogP contribution in [0.5, 0.6) is 17.2 Å². The fraction of sp³-hybridized carbons (Fsp3) is 0.294. The SMILES string of the molecule is COc1ccc(S(=O)(=O)NCCOc2ccccc2OC)c(C)c1. The molecule has 0 radical (unpaired) electrons. The Balaban J connectivity index is 1.96. The first-order chi connectivity index (χ1) is 11.5. The van der Waals surface area contributed by atoms with Gasteiger partial charge in [-0.3, -0.25) is 0 Å². The smallest absolute Gasteiger partial charge is 0.240 e. The summed E-state index contributed by atoms with van der Waals surface area (Å²) in [5.41, 5.74) is 0.618. The number of hydrogen-bond acceptors (Lipinski definition) is 5. The van der Waals surface area contributed by atoms with Crippen molar-refractivity contribution in [1.82, 2.24) is 4.72 Å². The van der Waals surface area contributed by atoms with Crippen LogP contribution in [0.4, 0.5) is 0 Å². The number of sulfonamides is 1. The Morgan fingerprint density at radius 3 is 2.33 bits per heavy atom. The first-order valence-corrected chi connectivity index (χ1v) is 8.86. The number of methoxy groups -OCH3 is 2. The molecule has 2 rings (SSSR count). The van der Waals surface area contributed by atoms with Crippen LogP contribution >= 0.6 is 0 Å². The Morgan fingerprint density at radius 1 is 1.00 bits per heavy atom. The molecule has 0 bridgehead atoms. The van der Waals surface area contributed by atoms with Gasteiger partial charge < -0.3 is 14.2 Å². The van der Waals surface area contributed by atoms with E-state index in [0.29, 0.717) is 22.8 Å². The summed E-state index contributed by atoms with van der Waals surface area (Å²) in [6.07, 6.45) is 0. The van der Waals surface area contributed by atoms with Crippen LogP contribution in [0.2, 0.25) is 0 Å². The molecule has 0 aliphatic carbocycles. The van der Waals surface area contributed by atoms with E-state index in [0.717, 1.165) is 0 Å². The lowest BCUT2D eigenvalue weighted by molar-refractivity contribution is 0.298. The van der Waals surface area contributed by atoms with Crippen molar-refractivity contribution in [3.05, 3.63) is 48.0 Å². The van der Waals surface area contributed by atoms with Crippen LogP contribution in [0.3, 0.4) is 0 Å². The zero-order valence-corrected chi connectivity index (χ0v) is 14.7. The summed E-state index contributed by atoms with van der Waals surface area (Å²) >= 11 is 0. The molecular weight excluding hydrogens is 330 g/mol. The molecule has 0 heterocycles. The highest BCUT2D eigenvalue weighted by atomic mass is 32.2. The predicted molar refractivity (Wildman–Crippen MR) is 91.4 cm³/mol. The Labute approximate surface area is 142 Å². The molecule has 0 aliphatic rings. The van der Waals surface area contributed by atoms with Gasteiger partial charge in [0.1, 0.15) is 12.4 Å². The van der Waals surface area contributed by atoms with E-state index in [-0.39, 0.29) is 18.0 Å². The molecule has 2 aromatic rings. The van der Waals surface area contributed by atoms with Gasteiger partial charge in [-0.05, 0) is 42.8 Å². The average molecular weight is 351 g/mol. The fourth-order valence-electron chi connectivity index (χ4n) is 2.20. The third-order valence-electron chi connectivity index (χ3n) is 3.39. The largest absolute Gasteiger partial charge is 0.497 e. The Bertz CT molecular complexity index is 789. The molecule has 0 spiro atoms. The van der Waals surface area contributed by atoms with Crippen molar-refractivity contribution in [1.29, 1.82) is 0 Å². The molecule has 0 atom stereocenters. The van der Waals surface area contributed by atoms with Gasteiger partial charge in [-0.2, -0.15) is 0 Å². The lowest BCUT2D eigenvalue weighted by Crippen LogP contribution is -2.28. The maximum absolute atomic E-state index is 12.4. The summed E-state index contributed by atoms with van der Waals surface area (Å²) in [4.78, 5) is 0.223. The van der Waals surface area contributed by atoms with Gasteiger partial charge >= 0.3 is 0 Å². The van der Waals surface area contributed by atoms with Crippen LogP contribution in [-0.4, -0.2) is 35.8 Å². The van der Waals surface area contributed by atoms with E-state index in [1.54, 1.807) is 38.3 Å². The maximum Gasteiger partial charge on any atom is 0.240 e. The van der Waals surface area contributed by atoms with Crippen molar-refractivity contribution in [3.8, 4) is 17.2 Å². The number of aryl methyl sites for hydroxylation is 1. The van der Waals surface area contributed by atoms with E-state index < -0.39 is 10.0 Å². The number of rotatable bonds is 8. The van der Waals surface area contributed by atoms with Crippen molar-refractivity contribution in [3.63, 3.8) is 0 Å². The summed E-state index contributed by atoms with van der Waals surface area (Å²) in [5.74, 6) is 1.79. The second-order valence-corrected chi connectivity index (χ2v) is 6.76. The standard InChI is InChI=1S/C17H21NO5S/c1-13-12-14(21-2)8-9-17(13)24(19,20)18-10-11-23-16-7-5-4-6-15(16)22-3/h4-9,12,18H,10-11H2,1-3H3. The van der Waals surface area contributed by atoms with Gasteiger partial charge in [0.05, 0.1) is 19.1 Å². The molecule has 0 amide bonds. The highest BCUT2D eigenvalue weighted by Crippen LogP contribution is 2.25. The maximum atomic E-state index is 12.4. The van der Waals surface area contributed by atoms with Crippen LogP contribution in [0.25, 0.3) is 0 Å².